The van der Waals surface area contributed by atoms with Gasteiger partial charge in [-0.2, -0.15) is 9.78 Å². The van der Waals surface area contributed by atoms with E-state index in [4.69, 9.17) is 9.88 Å². The van der Waals surface area contributed by atoms with E-state index in [0.29, 0.717) is 27.9 Å². The number of hydrogen-bond donors (Lipinski definition) is 2. The number of anilines is 2. The van der Waals surface area contributed by atoms with Gasteiger partial charge in [-0.1, -0.05) is 24.3 Å². The Bertz CT molecular complexity index is 1480. The van der Waals surface area contributed by atoms with Gasteiger partial charge in [0.05, 0.1) is 29.1 Å². The zero-order valence-electron chi connectivity index (χ0n) is 17.0. The zero-order valence-corrected chi connectivity index (χ0v) is 17.8. The summed E-state index contributed by atoms with van der Waals surface area (Å²) in [6.45, 7) is 0. The van der Waals surface area contributed by atoms with Crippen LogP contribution in [0.3, 0.4) is 0 Å². The van der Waals surface area contributed by atoms with Crippen LogP contribution < -0.4 is 20.8 Å². The number of methoxy groups -OCH3 is 1. The summed E-state index contributed by atoms with van der Waals surface area (Å²) >= 11 is 0. The maximum absolute atomic E-state index is 13.1. The van der Waals surface area contributed by atoms with E-state index in [9.17, 15) is 13.2 Å². The van der Waals surface area contributed by atoms with E-state index in [1.807, 2.05) is 12.1 Å². The fourth-order valence-electron chi connectivity index (χ4n) is 3.06. The number of benzene rings is 3. The van der Waals surface area contributed by atoms with Crippen molar-refractivity contribution in [2.75, 3.05) is 12.4 Å². The van der Waals surface area contributed by atoms with Crippen LogP contribution in [0.4, 0.5) is 11.6 Å². The molecule has 0 aliphatic heterocycles. The first-order chi connectivity index (χ1) is 15.4. The molecule has 1 heterocycles. The van der Waals surface area contributed by atoms with Crippen molar-refractivity contribution in [3.63, 3.8) is 0 Å². The average molecular weight is 449 g/mol. The van der Waals surface area contributed by atoms with Crippen LogP contribution in [0.2, 0.25) is 0 Å². The topological polar surface area (TPSA) is 129 Å². The molecule has 0 saturated heterocycles. The number of nitrogens with two attached hydrogens (primary N) is 1. The summed E-state index contributed by atoms with van der Waals surface area (Å²) < 4.78 is 29.5. The van der Waals surface area contributed by atoms with Crippen LogP contribution >= 0.6 is 0 Å². The van der Waals surface area contributed by atoms with E-state index in [-0.39, 0.29) is 16.4 Å². The van der Waals surface area contributed by atoms with Crippen LogP contribution in [-0.4, -0.2) is 31.4 Å². The van der Waals surface area contributed by atoms with Gasteiger partial charge >= 0.3 is 0 Å². The van der Waals surface area contributed by atoms with Crippen LogP contribution in [0.1, 0.15) is 5.56 Å². The van der Waals surface area contributed by atoms with Crippen molar-refractivity contribution in [1.29, 1.82) is 0 Å². The van der Waals surface area contributed by atoms with Crippen molar-refractivity contribution in [2.45, 2.75) is 4.90 Å². The third kappa shape index (κ3) is 4.36. The fraction of sp³-hybridized carbons (Fsp3) is 0.0455. The molecule has 10 heteroatoms. The Kier molecular flexibility index (Phi) is 5.71. The maximum Gasteiger partial charge on any atom is 0.283 e. The minimum absolute atomic E-state index is 0.0268. The van der Waals surface area contributed by atoms with E-state index >= 15 is 0 Å². The molecule has 3 aromatic carbocycles. The molecule has 4 rings (SSSR count). The van der Waals surface area contributed by atoms with Gasteiger partial charge in [0.2, 0.25) is 16.0 Å². The van der Waals surface area contributed by atoms with Crippen molar-refractivity contribution < 1.29 is 13.2 Å². The molecule has 1 aromatic heterocycles. The van der Waals surface area contributed by atoms with Crippen molar-refractivity contribution in [3.8, 4) is 5.75 Å². The van der Waals surface area contributed by atoms with Gasteiger partial charge in [0.15, 0.2) is 0 Å². The number of rotatable bonds is 6. The first-order valence-corrected chi connectivity index (χ1v) is 11.0. The largest absolute Gasteiger partial charge is 0.496 e. The molecule has 0 saturated carbocycles. The number of ether oxygens (including phenoxy) is 1. The van der Waals surface area contributed by atoms with E-state index in [1.165, 1.54) is 30.5 Å². The smallest absolute Gasteiger partial charge is 0.283 e. The van der Waals surface area contributed by atoms with Gasteiger partial charge in [0.25, 0.3) is 5.56 Å². The minimum Gasteiger partial charge on any atom is -0.496 e. The number of hydrogen-bond acceptors (Lipinski definition) is 7. The summed E-state index contributed by atoms with van der Waals surface area (Å²) in [7, 11) is -2.27. The van der Waals surface area contributed by atoms with Crippen molar-refractivity contribution in [1.82, 2.24) is 9.66 Å². The standard InChI is InChI=1S/C22H19N5O4S/c1-31-20-9-5-2-6-15(20)14-24-27-21(28)18-7-3-4-8-19(18)26-22(27)25-16-10-12-17(13-11-16)32(23,29)30/h2-14H,1H3,(H,25,26)(H2,23,29,30)/b24-14+. The number of fused-ring (bicyclic) bond motifs is 1. The van der Waals surface area contributed by atoms with Crippen LogP contribution in [0.5, 0.6) is 5.75 Å². The molecular weight excluding hydrogens is 430 g/mol. The van der Waals surface area contributed by atoms with Gasteiger partial charge in [-0.3, -0.25) is 4.79 Å². The maximum atomic E-state index is 13.1. The number of nitrogens with zero attached hydrogens (tertiary/aromatic N) is 3. The molecule has 0 aliphatic rings. The molecule has 0 radical (unpaired) electrons. The third-order valence-electron chi connectivity index (χ3n) is 4.64. The number of nitrogens with one attached hydrogen (secondary N) is 1. The molecule has 9 nitrogen and oxygen atoms in total. The summed E-state index contributed by atoms with van der Waals surface area (Å²) in [5.41, 5.74) is 1.30. The molecule has 3 N–H and O–H groups in total. The van der Waals surface area contributed by atoms with Gasteiger partial charge in [0, 0.05) is 11.3 Å². The fourth-order valence-corrected chi connectivity index (χ4v) is 3.58. The van der Waals surface area contributed by atoms with Gasteiger partial charge in [-0.25, -0.2) is 18.5 Å². The first-order valence-electron chi connectivity index (χ1n) is 9.46. The van der Waals surface area contributed by atoms with Gasteiger partial charge in [-0.15, -0.1) is 0 Å². The Morgan fingerprint density at radius 2 is 1.72 bits per heavy atom. The molecular formula is C22H19N5O4S. The molecule has 0 atom stereocenters. The highest BCUT2D eigenvalue weighted by Crippen LogP contribution is 2.19. The lowest BCUT2D eigenvalue weighted by molar-refractivity contribution is 0.414. The molecule has 0 unspecified atom stereocenters. The Morgan fingerprint density at radius 1 is 1.03 bits per heavy atom. The van der Waals surface area contributed by atoms with Crippen molar-refractivity contribution in [3.05, 3.63) is 88.7 Å². The van der Waals surface area contributed by atoms with Gasteiger partial charge in [-0.05, 0) is 48.5 Å². The zero-order chi connectivity index (χ0) is 22.7. The molecule has 0 aliphatic carbocycles. The molecule has 0 bridgehead atoms. The summed E-state index contributed by atoms with van der Waals surface area (Å²) in [5.74, 6) is 0.759. The van der Waals surface area contributed by atoms with Crippen molar-refractivity contribution in [2.24, 2.45) is 10.2 Å². The van der Waals surface area contributed by atoms with Crippen LogP contribution in [-0.2, 0) is 10.0 Å². The van der Waals surface area contributed by atoms with Crippen molar-refractivity contribution >= 4 is 38.8 Å². The van der Waals surface area contributed by atoms with Gasteiger partial charge < -0.3 is 10.1 Å². The normalized spacial score (nSPS) is 11.7. The Labute approximate surface area is 183 Å². The molecule has 162 valence electrons. The second-order valence-electron chi connectivity index (χ2n) is 6.75. The number of sulfonamides is 1. The minimum atomic E-state index is -3.82. The predicted molar refractivity (Wildman–Crippen MR) is 123 cm³/mol. The highest BCUT2D eigenvalue weighted by atomic mass is 32.2. The van der Waals surface area contributed by atoms with E-state index < -0.39 is 10.0 Å². The lowest BCUT2D eigenvalue weighted by Crippen LogP contribution is -2.21. The molecule has 0 spiro atoms. The average Bonchev–Trinajstić information content (AvgIpc) is 2.79. The quantitative estimate of drug-likeness (QED) is 0.436. The molecule has 0 fully saturated rings. The second-order valence-corrected chi connectivity index (χ2v) is 8.31. The highest BCUT2D eigenvalue weighted by molar-refractivity contribution is 7.89. The Hall–Kier alpha value is -4.02. The van der Waals surface area contributed by atoms with E-state index in [0.717, 1.165) is 4.68 Å². The number of para-hydroxylation sites is 2. The van der Waals surface area contributed by atoms with Gasteiger partial charge in [0.1, 0.15) is 5.75 Å². The lowest BCUT2D eigenvalue weighted by atomic mass is 10.2. The molecule has 32 heavy (non-hydrogen) atoms. The summed E-state index contributed by atoms with van der Waals surface area (Å²) in [5, 5.41) is 12.9. The number of aromatic nitrogens is 2. The SMILES string of the molecule is COc1ccccc1/C=N/n1c(Nc2ccc(S(N)(=O)=O)cc2)nc2ccccc2c1=O. The lowest BCUT2D eigenvalue weighted by Gasteiger charge is -2.12. The third-order valence-corrected chi connectivity index (χ3v) is 5.57. The highest BCUT2D eigenvalue weighted by Gasteiger charge is 2.12. The number of primary sulfonamides is 1. The second kappa shape index (κ2) is 8.61. The van der Waals surface area contributed by atoms with Crippen LogP contribution in [0.15, 0.2) is 87.6 Å². The Balaban J connectivity index is 1.80. The van der Waals surface area contributed by atoms with E-state index in [2.05, 4.69) is 15.4 Å². The summed E-state index contributed by atoms with van der Waals surface area (Å²) in [6.07, 6.45) is 1.51. The van der Waals surface area contributed by atoms with Crippen LogP contribution in [0, 0.1) is 0 Å². The molecule has 4 aromatic rings. The molecule has 0 amide bonds. The van der Waals surface area contributed by atoms with Crippen LogP contribution in [0.25, 0.3) is 10.9 Å². The predicted octanol–water partition coefficient (Wildman–Crippen LogP) is 2.68. The van der Waals surface area contributed by atoms with E-state index in [1.54, 1.807) is 43.5 Å². The monoisotopic (exact) mass is 449 g/mol. The summed E-state index contributed by atoms with van der Waals surface area (Å²) in [6, 6.07) is 19.9. The first kappa shape index (κ1) is 21.2. The summed E-state index contributed by atoms with van der Waals surface area (Å²) in [4.78, 5) is 17.6. The Morgan fingerprint density at radius 3 is 2.44 bits per heavy atom.